The molecule has 0 spiro atoms. The van der Waals surface area contributed by atoms with E-state index < -0.39 is 0 Å². The van der Waals surface area contributed by atoms with Gasteiger partial charge in [0.1, 0.15) is 6.17 Å². The van der Waals surface area contributed by atoms with Crippen LogP contribution < -0.4 is 29.6 Å². The summed E-state index contributed by atoms with van der Waals surface area (Å²) in [6.45, 7) is 0. The van der Waals surface area contributed by atoms with Crippen LogP contribution in [0.25, 0.3) is 0 Å². The van der Waals surface area contributed by atoms with E-state index >= 15 is 0 Å². The van der Waals surface area contributed by atoms with E-state index in [0.717, 1.165) is 34.0 Å². The van der Waals surface area contributed by atoms with Gasteiger partial charge in [0.05, 0.1) is 32.2 Å². The third-order valence-corrected chi connectivity index (χ3v) is 5.45. The predicted octanol–water partition coefficient (Wildman–Crippen LogP) is 2.81. The second-order valence-electron chi connectivity index (χ2n) is 6.49. The standard InChI is InChI=1S/C20H22N2O4S/c1-23-14-8-4-6-11-10-13-19(26-16(11)14)21-18(22-20(13)27)12-7-5-9-15(24-2)17(12)25-3/h4-9,13,18-19,21H,10H2,1-3H3,(H,22,27). The molecule has 7 heteroatoms. The Morgan fingerprint density at radius 2 is 1.74 bits per heavy atom. The predicted molar refractivity (Wildman–Crippen MR) is 106 cm³/mol. The molecule has 2 aliphatic heterocycles. The molecule has 6 nitrogen and oxygen atoms in total. The number of ether oxygens (including phenoxy) is 4. The average molecular weight is 386 g/mol. The number of nitrogens with one attached hydrogen (secondary N) is 2. The van der Waals surface area contributed by atoms with Crippen LogP contribution in [0.15, 0.2) is 36.4 Å². The Balaban J connectivity index is 1.66. The summed E-state index contributed by atoms with van der Waals surface area (Å²) in [4.78, 5) is 0.766. The van der Waals surface area contributed by atoms with Crippen molar-refractivity contribution in [3.05, 3.63) is 47.5 Å². The number of para-hydroxylation sites is 2. The van der Waals surface area contributed by atoms with Crippen LogP contribution >= 0.6 is 12.2 Å². The largest absolute Gasteiger partial charge is 0.493 e. The van der Waals surface area contributed by atoms with Crippen LogP contribution in [-0.2, 0) is 6.42 Å². The molecule has 0 amide bonds. The van der Waals surface area contributed by atoms with Crippen molar-refractivity contribution < 1.29 is 18.9 Å². The molecule has 1 saturated heterocycles. The number of hydrogen-bond donors (Lipinski definition) is 2. The van der Waals surface area contributed by atoms with Crippen molar-refractivity contribution in [3.63, 3.8) is 0 Å². The number of methoxy groups -OCH3 is 3. The number of hydrogen-bond acceptors (Lipinski definition) is 6. The van der Waals surface area contributed by atoms with Crippen molar-refractivity contribution >= 4 is 17.2 Å². The summed E-state index contributed by atoms with van der Waals surface area (Å²) >= 11 is 5.68. The zero-order valence-electron chi connectivity index (χ0n) is 15.4. The molecule has 142 valence electrons. The van der Waals surface area contributed by atoms with E-state index in [2.05, 4.69) is 10.6 Å². The molecule has 0 radical (unpaired) electrons. The van der Waals surface area contributed by atoms with Crippen LogP contribution in [0.1, 0.15) is 17.3 Å². The van der Waals surface area contributed by atoms with E-state index in [4.69, 9.17) is 31.2 Å². The number of thiocarbonyl (C=S) groups is 1. The molecule has 2 aromatic rings. The smallest absolute Gasteiger partial charge is 0.167 e. The summed E-state index contributed by atoms with van der Waals surface area (Å²) < 4.78 is 22.7. The fourth-order valence-electron chi connectivity index (χ4n) is 3.71. The summed E-state index contributed by atoms with van der Waals surface area (Å²) in [5, 5.41) is 6.90. The Bertz CT molecular complexity index is 873. The molecule has 2 aromatic carbocycles. The monoisotopic (exact) mass is 386 g/mol. The molecule has 3 atom stereocenters. The van der Waals surface area contributed by atoms with Gasteiger partial charge < -0.3 is 24.3 Å². The second kappa shape index (κ2) is 7.25. The highest BCUT2D eigenvalue weighted by Gasteiger charge is 2.40. The zero-order valence-corrected chi connectivity index (χ0v) is 16.3. The highest BCUT2D eigenvalue weighted by molar-refractivity contribution is 7.80. The first-order chi connectivity index (χ1) is 13.2. The molecule has 1 fully saturated rings. The van der Waals surface area contributed by atoms with Gasteiger partial charge in [-0.15, -0.1) is 0 Å². The van der Waals surface area contributed by atoms with Gasteiger partial charge in [-0.25, -0.2) is 0 Å². The molecule has 0 bridgehead atoms. The van der Waals surface area contributed by atoms with Crippen molar-refractivity contribution in [3.8, 4) is 23.0 Å². The molecular weight excluding hydrogens is 364 g/mol. The molecule has 0 aromatic heterocycles. The Morgan fingerprint density at radius 1 is 1.00 bits per heavy atom. The average Bonchev–Trinajstić information content (AvgIpc) is 2.71. The maximum absolute atomic E-state index is 6.27. The van der Waals surface area contributed by atoms with Gasteiger partial charge in [0.15, 0.2) is 29.2 Å². The van der Waals surface area contributed by atoms with Crippen LogP contribution in [0.5, 0.6) is 23.0 Å². The lowest BCUT2D eigenvalue weighted by Gasteiger charge is -2.42. The van der Waals surface area contributed by atoms with E-state index in [1.807, 2.05) is 36.4 Å². The maximum atomic E-state index is 6.27. The summed E-state index contributed by atoms with van der Waals surface area (Å²) in [7, 11) is 4.90. The molecule has 3 unspecified atom stereocenters. The van der Waals surface area contributed by atoms with Gasteiger partial charge in [0.2, 0.25) is 0 Å². The van der Waals surface area contributed by atoms with E-state index in [-0.39, 0.29) is 18.3 Å². The van der Waals surface area contributed by atoms with E-state index in [1.165, 1.54) is 0 Å². The minimum atomic E-state index is -0.261. The minimum absolute atomic E-state index is 0.0486. The number of rotatable bonds is 4. The van der Waals surface area contributed by atoms with Crippen LogP contribution in [0.3, 0.4) is 0 Å². The minimum Gasteiger partial charge on any atom is -0.493 e. The Labute approximate surface area is 163 Å². The lowest BCUT2D eigenvalue weighted by molar-refractivity contribution is 0.0765. The molecular formula is C20H22N2O4S. The van der Waals surface area contributed by atoms with Crippen LogP contribution in [0, 0.1) is 5.92 Å². The van der Waals surface area contributed by atoms with Gasteiger partial charge >= 0.3 is 0 Å². The SMILES string of the molecule is COc1cccc2c1OC1NC(c3cccc(OC)c3OC)NC(=S)C1C2. The topological polar surface area (TPSA) is 61.0 Å². The molecule has 2 aliphatic rings. The highest BCUT2D eigenvalue weighted by Crippen LogP contribution is 2.41. The quantitative estimate of drug-likeness (QED) is 0.784. The molecule has 2 heterocycles. The molecule has 27 heavy (non-hydrogen) atoms. The molecule has 2 N–H and O–H groups in total. The summed E-state index contributed by atoms with van der Waals surface area (Å²) in [6.07, 6.45) is 0.279. The highest BCUT2D eigenvalue weighted by atomic mass is 32.1. The van der Waals surface area contributed by atoms with Crippen molar-refractivity contribution in [1.29, 1.82) is 0 Å². The molecule has 4 rings (SSSR count). The number of benzene rings is 2. The van der Waals surface area contributed by atoms with Gasteiger partial charge in [-0.05, 0) is 24.1 Å². The molecule has 0 saturated carbocycles. The van der Waals surface area contributed by atoms with Crippen molar-refractivity contribution in [2.45, 2.75) is 18.8 Å². The van der Waals surface area contributed by atoms with Gasteiger partial charge in [0.25, 0.3) is 0 Å². The molecule has 0 aliphatic carbocycles. The lowest BCUT2D eigenvalue weighted by Crippen LogP contribution is -2.60. The first-order valence-corrected chi connectivity index (χ1v) is 9.17. The maximum Gasteiger partial charge on any atom is 0.167 e. The van der Waals surface area contributed by atoms with Crippen molar-refractivity contribution in [1.82, 2.24) is 10.6 Å². The van der Waals surface area contributed by atoms with Crippen LogP contribution in [-0.4, -0.2) is 32.5 Å². The first kappa shape index (κ1) is 17.9. The van der Waals surface area contributed by atoms with Crippen molar-refractivity contribution in [2.75, 3.05) is 21.3 Å². The van der Waals surface area contributed by atoms with E-state index in [1.54, 1.807) is 21.3 Å². The fraction of sp³-hybridized carbons (Fsp3) is 0.350. The Kier molecular flexibility index (Phi) is 4.80. The third kappa shape index (κ3) is 3.07. The normalized spacial score (nSPS) is 23.4. The fourth-order valence-corrected chi connectivity index (χ4v) is 4.04. The zero-order chi connectivity index (χ0) is 19.0. The van der Waals surface area contributed by atoms with E-state index in [9.17, 15) is 0 Å². The second-order valence-corrected chi connectivity index (χ2v) is 6.93. The Hall–Kier alpha value is -2.51. The van der Waals surface area contributed by atoms with Gasteiger partial charge in [0, 0.05) is 5.56 Å². The lowest BCUT2D eigenvalue weighted by atomic mass is 9.91. The Morgan fingerprint density at radius 3 is 2.48 bits per heavy atom. The van der Waals surface area contributed by atoms with Crippen LogP contribution in [0.4, 0.5) is 0 Å². The van der Waals surface area contributed by atoms with Gasteiger partial charge in [-0.3, -0.25) is 5.32 Å². The van der Waals surface area contributed by atoms with Crippen molar-refractivity contribution in [2.24, 2.45) is 5.92 Å². The summed E-state index contributed by atoms with van der Waals surface area (Å²) in [5.74, 6) is 2.89. The van der Waals surface area contributed by atoms with E-state index in [0.29, 0.717) is 11.5 Å². The first-order valence-electron chi connectivity index (χ1n) is 8.76. The van der Waals surface area contributed by atoms with Gasteiger partial charge in [-0.2, -0.15) is 0 Å². The number of fused-ring (bicyclic) bond motifs is 2. The summed E-state index contributed by atoms with van der Waals surface area (Å²) in [6, 6.07) is 11.7. The van der Waals surface area contributed by atoms with Crippen LogP contribution in [0.2, 0.25) is 0 Å². The van der Waals surface area contributed by atoms with Gasteiger partial charge in [-0.1, -0.05) is 36.5 Å². The summed E-state index contributed by atoms with van der Waals surface area (Å²) in [5.41, 5.74) is 2.01. The third-order valence-electron chi connectivity index (χ3n) is 5.03.